The molecule has 0 saturated heterocycles. The molecule has 108 valence electrons. The summed E-state index contributed by atoms with van der Waals surface area (Å²) in [5.41, 5.74) is 5.31. The van der Waals surface area contributed by atoms with Crippen LogP contribution in [0.1, 0.15) is 30.3 Å². The predicted octanol–water partition coefficient (Wildman–Crippen LogP) is 3.44. The number of benzene rings is 1. The number of nitrogens with one attached hydrogen (secondary N) is 1. The first kappa shape index (κ1) is 14.7. The Morgan fingerprint density at radius 2 is 2.05 bits per heavy atom. The van der Waals surface area contributed by atoms with Crippen molar-refractivity contribution in [2.75, 3.05) is 7.05 Å². The maximum atomic E-state index is 13.5. The quantitative estimate of drug-likeness (QED) is 0.906. The number of hydrogen-bond acceptors (Lipinski definition) is 2. The highest BCUT2D eigenvalue weighted by atomic mass is 19.1. The largest absolute Gasteiger partial charge is 0.316 e. The van der Waals surface area contributed by atoms with Crippen LogP contribution in [0.4, 0.5) is 4.39 Å². The molecule has 0 aliphatic rings. The maximum Gasteiger partial charge on any atom is 0.123 e. The zero-order valence-electron chi connectivity index (χ0n) is 12.6. The maximum absolute atomic E-state index is 13.5. The van der Waals surface area contributed by atoms with E-state index in [9.17, 15) is 4.39 Å². The van der Waals surface area contributed by atoms with Crippen LogP contribution in [0.25, 0.3) is 11.1 Å². The van der Waals surface area contributed by atoms with Crippen molar-refractivity contribution in [3.63, 3.8) is 0 Å². The molecule has 1 aromatic heterocycles. The first-order valence-electron chi connectivity index (χ1n) is 7.05. The van der Waals surface area contributed by atoms with E-state index >= 15 is 0 Å². The van der Waals surface area contributed by atoms with Gasteiger partial charge in [-0.3, -0.25) is 4.68 Å². The lowest BCUT2D eigenvalue weighted by Crippen LogP contribution is -2.07. The summed E-state index contributed by atoms with van der Waals surface area (Å²) in [7, 11) is 1.87. The van der Waals surface area contributed by atoms with E-state index in [1.165, 1.54) is 6.07 Å². The van der Waals surface area contributed by atoms with Gasteiger partial charge in [0.05, 0.1) is 5.69 Å². The molecule has 1 heterocycles. The van der Waals surface area contributed by atoms with Gasteiger partial charge in [0.2, 0.25) is 0 Å². The number of aryl methyl sites for hydroxylation is 2. The molecule has 0 atom stereocenters. The third-order valence-electron chi connectivity index (χ3n) is 3.52. The molecular weight excluding hydrogens is 253 g/mol. The molecule has 2 aromatic rings. The van der Waals surface area contributed by atoms with Crippen LogP contribution in [-0.4, -0.2) is 16.8 Å². The van der Waals surface area contributed by atoms with Crippen LogP contribution in [0.2, 0.25) is 0 Å². The second kappa shape index (κ2) is 6.18. The summed E-state index contributed by atoms with van der Waals surface area (Å²) >= 11 is 0. The van der Waals surface area contributed by atoms with Gasteiger partial charge in [-0.2, -0.15) is 5.10 Å². The minimum Gasteiger partial charge on any atom is -0.316 e. The minimum absolute atomic E-state index is 0.199. The summed E-state index contributed by atoms with van der Waals surface area (Å²) in [6.07, 6.45) is 1.05. The third kappa shape index (κ3) is 2.75. The van der Waals surface area contributed by atoms with Gasteiger partial charge >= 0.3 is 0 Å². The van der Waals surface area contributed by atoms with Crippen LogP contribution in [0, 0.1) is 19.7 Å². The summed E-state index contributed by atoms with van der Waals surface area (Å²) in [5, 5.41) is 7.70. The Bertz CT molecular complexity index is 602. The average molecular weight is 275 g/mol. The third-order valence-corrected chi connectivity index (χ3v) is 3.52. The SMILES string of the molecule is CCCn1nc(C)c(-c2ccc(F)cc2CNC)c1C. The van der Waals surface area contributed by atoms with Gasteiger partial charge in [-0.25, -0.2) is 4.39 Å². The fraction of sp³-hybridized carbons (Fsp3) is 0.438. The van der Waals surface area contributed by atoms with Crippen molar-refractivity contribution in [2.45, 2.75) is 40.3 Å². The molecule has 0 fully saturated rings. The molecular formula is C16H22FN3. The van der Waals surface area contributed by atoms with Crippen LogP contribution < -0.4 is 5.32 Å². The van der Waals surface area contributed by atoms with Gasteiger partial charge in [-0.1, -0.05) is 13.0 Å². The molecule has 0 amide bonds. The second-order valence-electron chi connectivity index (χ2n) is 5.10. The molecule has 4 heteroatoms. The summed E-state index contributed by atoms with van der Waals surface area (Å²) < 4.78 is 15.5. The Hall–Kier alpha value is -1.68. The van der Waals surface area contributed by atoms with E-state index in [0.717, 1.165) is 41.0 Å². The van der Waals surface area contributed by atoms with Crippen molar-refractivity contribution in [3.8, 4) is 11.1 Å². The van der Waals surface area contributed by atoms with Gasteiger partial charge in [0, 0.05) is 24.3 Å². The summed E-state index contributed by atoms with van der Waals surface area (Å²) in [6, 6.07) is 4.97. The van der Waals surface area contributed by atoms with E-state index < -0.39 is 0 Å². The topological polar surface area (TPSA) is 29.9 Å². The van der Waals surface area contributed by atoms with Crippen LogP contribution in [0.15, 0.2) is 18.2 Å². The molecule has 3 nitrogen and oxygen atoms in total. The van der Waals surface area contributed by atoms with Crippen molar-refractivity contribution in [2.24, 2.45) is 0 Å². The molecule has 2 rings (SSSR count). The minimum atomic E-state index is -0.199. The molecule has 1 aromatic carbocycles. The Kier molecular flexibility index (Phi) is 4.55. The lowest BCUT2D eigenvalue weighted by molar-refractivity contribution is 0.583. The fourth-order valence-corrected chi connectivity index (χ4v) is 2.66. The number of rotatable bonds is 5. The lowest BCUT2D eigenvalue weighted by atomic mass is 9.98. The fourth-order valence-electron chi connectivity index (χ4n) is 2.66. The van der Waals surface area contributed by atoms with Gasteiger partial charge in [-0.15, -0.1) is 0 Å². The molecule has 0 unspecified atom stereocenters. The Labute approximate surface area is 119 Å². The van der Waals surface area contributed by atoms with Gasteiger partial charge < -0.3 is 5.32 Å². The van der Waals surface area contributed by atoms with Gasteiger partial charge in [-0.05, 0) is 50.6 Å². The van der Waals surface area contributed by atoms with E-state index in [2.05, 4.69) is 24.3 Å². The summed E-state index contributed by atoms with van der Waals surface area (Å²) in [5.74, 6) is -0.199. The van der Waals surface area contributed by atoms with E-state index in [-0.39, 0.29) is 5.82 Å². The lowest BCUT2D eigenvalue weighted by Gasteiger charge is -2.10. The van der Waals surface area contributed by atoms with Crippen molar-refractivity contribution < 1.29 is 4.39 Å². The summed E-state index contributed by atoms with van der Waals surface area (Å²) in [6.45, 7) is 7.79. The highest BCUT2D eigenvalue weighted by Gasteiger charge is 2.16. The average Bonchev–Trinajstić information content (AvgIpc) is 2.67. The van der Waals surface area contributed by atoms with Crippen molar-refractivity contribution in [3.05, 3.63) is 41.0 Å². The predicted molar refractivity (Wildman–Crippen MR) is 80.1 cm³/mol. The molecule has 0 saturated carbocycles. The van der Waals surface area contributed by atoms with Crippen molar-refractivity contribution in [1.29, 1.82) is 0 Å². The van der Waals surface area contributed by atoms with Crippen molar-refractivity contribution >= 4 is 0 Å². The number of halogens is 1. The van der Waals surface area contributed by atoms with E-state index in [1.807, 2.05) is 24.7 Å². The normalized spacial score (nSPS) is 11.1. The van der Waals surface area contributed by atoms with Gasteiger partial charge in [0.15, 0.2) is 0 Å². The molecule has 1 N–H and O–H groups in total. The van der Waals surface area contributed by atoms with Crippen LogP contribution >= 0.6 is 0 Å². The number of aromatic nitrogens is 2. The highest BCUT2D eigenvalue weighted by molar-refractivity contribution is 5.71. The van der Waals surface area contributed by atoms with E-state index in [1.54, 1.807) is 6.07 Å². The molecule has 0 aliphatic carbocycles. The van der Waals surface area contributed by atoms with E-state index in [4.69, 9.17) is 0 Å². The number of hydrogen-bond donors (Lipinski definition) is 1. The standard InChI is InChI=1S/C16H22FN3/c1-5-8-20-12(3)16(11(2)19-20)15-7-6-14(17)9-13(15)10-18-4/h6-7,9,18H,5,8,10H2,1-4H3. The summed E-state index contributed by atoms with van der Waals surface area (Å²) in [4.78, 5) is 0. The molecule has 20 heavy (non-hydrogen) atoms. The monoisotopic (exact) mass is 275 g/mol. The molecule has 0 aliphatic heterocycles. The van der Waals surface area contributed by atoms with Gasteiger partial charge in [0.25, 0.3) is 0 Å². The van der Waals surface area contributed by atoms with Crippen molar-refractivity contribution in [1.82, 2.24) is 15.1 Å². The smallest absolute Gasteiger partial charge is 0.123 e. The molecule has 0 bridgehead atoms. The Morgan fingerprint density at radius 3 is 2.70 bits per heavy atom. The van der Waals surface area contributed by atoms with Crippen LogP contribution in [0.3, 0.4) is 0 Å². The Morgan fingerprint density at radius 1 is 1.30 bits per heavy atom. The zero-order valence-corrected chi connectivity index (χ0v) is 12.6. The molecule has 0 spiro atoms. The zero-order chi connectivity index (χ0) is 14.7. The number of nitrogens with zero attached hydrogens (tertiary/aromatic N) is 2. The second-order valence-corrected chi connectivity index (χ2v) is 5.10. The first-order valence-corrected chi connectivity index (χ1v) is 7.05. The Balaban J connectivity index is 2.56. The van der Waals surface area contributed by atoms with E-state index in [0.29, 0.717) is 6.54 Å². The van der Waals surface area contributed by atoms with Gasteiger partial charge in [0.1, 0.15) is 5.82 Å². The first-order chi connectivity index (χ1) is 9.58. The van der Waals surface area contributed by atoms with Crippen LogP contribution in [0.5, 0.6) is 0 Å². The van der Waals surface area contributed by atoms with Crippen LogP contribution in [-0.2, 0) is 13.1 Å². The molecule has 0 radical (unpaired) electrons. The highest BCUT2D eigenvalue weighted by Crippen LogP contribution is 2.30.